The highest BCUT2D eigenvalue weighted by Gasteiger charge is 2.15. The number of aliphatic hydroxyl groups is 2. The molecule has 1 rings (SSSR count). The summed E-state index contributed by atoms with van der Waals surface area (Å²) in [5, 5.41) is 23.1. The topological polar surface area (TPSA) is 61.7 Å². The van der Waals surface area contributed by atoms with Gasteiger partial charge in [0.2, 0.25) is 0 Å². The summed E-state index contributed by atoms with van der Waals surface area (Å²) in [7, 11) is 0. The van der Waals surface area contributed by atoms with Crippen molar-refractivity contribution >= 4 is 23.4 Å². The summed E-state index contributed by atoms with van der Waals surface area (Å²) in [6, 6.07) is 7.57. The molecule has 0 spiro atoms. The molecule has 120 valence electrons. The lowest BCUT2D eigenvalue weighted by atomic mass is 10.2. The first-order valence-electron chi connectivity index (χ1n) is 6.94. The van der Waals surface area contributed by atoms with Crippen molar-refractivity contribution in [2.24, 2.45) is 0 Å². The van der Waals surface area contributed by atoms with Crippen LogP contribution in [-0.4, -0.2) is 53.6 Å². The summed E-state index contributed by atoms with van der Waals surface area (Å²) in [4.78, 5) is 0. The number of thioether (sulfide) groups is 1. The van der Waals surface area contributed by atoms with Crippen LogP contribution in [0, 0.1) is 0 Å². The highest BCUT2D eigenvalue weighted by Crippen LogP contribution is 2.11. The van der Waals surface area contributed by atoms with Gasteiger partial charge in [0, 0.05) is 22.9 Å². The third-order valence-corrected chi connectivity index (χ3v) is 4.62. The molecule has 0 aromatic heterocycles. The van der Waals surface area contributed by atoms with Crippen LogP contribution >= 0.6 is 23.4 Å². The van der Waals surface area contributed by atoms with Crippen molar-refractivity contribution in [1.82, 2.24) is 5.32 Å². The Morgan fingerprint density at radius 2 is 2.00 bits per heavy atom. The fraction of sp³-hybridized carbons (Fsp3) is 0.600. The molecule has 6 heteroatoms. The minimum Gasteiger partial charge on any atom is -0.395 e. The highest BCUT2D eigenvalue weighted by molar-refractivity contribution is 7.99. The molecular weight excluding hydrogens is 310 g/mol. The maximum absolute atomic E-state index is 9.87. The van der Waals surface area contributed by atoms with E-state index in [1.165, 1.54) is 0 Å². The molecule has 0 saturated heterocycles. The molecule has 4 nitrogen and oxygen atoms in total. The second kappa shape index (κ2) is 10.4. The first kappa shape index (κ1) is 18.7. The summed E-state index contributed by atoms with van der Waals surface area (Å²) >= 11 is 7.42. The van der Waals surface area contributed by atoms with Gasteiger partial charge in [-0.25, -0.2) is 0 Å². The second-order valence-electron chi connectivity index (χ2n) is 4.95. The largest absolute Gasteiger partial charge is 0.395 e. The van der Waals surface area contributed by atoms with Crippen LogP contribution in [-0.2, 0) is 11.3 Å². The van der Waals surface area contributed by atoms with Crippen LogP contribution in [0.5, 0.6) is 0 Å². The normalized spacial score (nSPS) is 15.7. The zero-order valence-corrected chi connectivity index (χ0v) is 14.0. The van der Waals surface area contributed by atoms with Crippen LogP contribution in [0.25, 0.3) is 0 Å². The Labute approximate surface area is 135 Å². The summed E-state index contributed by atoms with van der Waals surface area (Å²) < 4.78 is 5.48. The van der Waals surface area contributed by atoms with Crippen LogP contribution in [0.2, 0.25) is 5.02 Å². The van der Waals surface area contributed by atoms with E-state index in [2.05, 4.69) is 5.32 Å². The molecule has 1 aromatic rings. The molecule has 0 bridgehead atoms. The SMILES string of the molecule is CSC(CO)C(C)NCC(O)COCc1ccc(Cl)cc1. The third kappa shape index (κ3) is 7.49. The van der Waals surface area contributed by atoms with Crippen LogP contribution in [0.4, 0.5) is 0 Å². The lowest BCUT2D eigenvalue weighted by Gasteiger charge is -2.23. The van der Waals surface area contributed by atoms with E-state index >= 15 is 0 Å². The van der Waals surface area contributed by atoms with Crippen molar-refractivity contribution < 1.29 is 14.9 Å². The lowest BCUT2D eigenvalue weighted by Crippen LogP contribution is -2.42. The van der Waals surface area contributed by atoms with Gasteiger partial charge in [0.15, 0.2) is 0 Å². The number of hydrogen-bond donors (Lipinski definition) is 3. The van der Waals surface area contributed by atoms with E-state index in [4.69, 9.17) is 16.3 Å². The van der Waals surface area contributed by atoms with Gasteiger partial charge in [-0.15, -0.1) is 0 Å². The maximum atomic E-state index is 9.87. The standard InChI is InChI=1S/C15H24ClNO3S/c1-11(15(8-18)21-2)17-7-14(19)10-20-9-12-3-5-13(16)6-4-12/h3-6,11,14-15,17-19H,7-10H2,1-2H3. The zero-order valence-electron chi connectivity index (χ0n) is 12.5. The van der Waals surface area contributed by atoms with Gasteiger partial charge in [-0.3, -0.25) is 0 Å². The predicted molar refractivity (Wildman–Crippen MR) is 89.0 cm³/mol. The van der Waals surface area contributed by atoms with E-state index in [0.29, 0.717) is 18.2 Å². The van der Waals surface area contributed by atoms with Crippen molar-refractivity contribution in [2.45, 2.75) is 30.9 Å². The molecule has 0 saturated carbocycles. The van der Waals surface area contributed by atoms with E-state index < -0.39 is 6.10 Å². The van der Waals surface area contributed by atoms with E-state index in [9.17, 15) is 10.2 Å². The number of rotatable bonds is 10. The molecule has 0 fully saturated rings. The monoisotopic (exact) mass is 333 g/mol. The predicted octanol–water partition coefficient (Wildman–Crippen LogP) is 1.92. The van der Waals surface area contributed by atoms with Gasteiger partial charge in [-0.1, -0.05) is 23.7 Å². The molecular formula is C15H24ClNO3S. The van der Waals surface area contributed by atoms with Crippen molar-refractivity contribution in [1.29, 1.82) is 0 Å². The Bertz CT molecular complexity index is 387. The second-order valence-corrected chi connectivity index (χ2v) is 6.46. The Morgan fingerprint density at radius 3 is 2.57 bits per heavy atom. The number of aliphatic hydroxyl groups excluding tert-OH is 2. The fourth-order valence-electron chi connectivity index (χ4n) is 1.84. The lowest BCUT2D eigenvalue weighted by molar-refractivity contribution is 0.0276. The van der Waals surface area contributed by atoms with Gasteiger partial charge < -0.3 is 20.3 Å². The number of nitrogens with one attached hydrogen (secondary N) is 1. The van der Waals surface area contributed by atoms with E-state index in [0.717, 1.165) is 5.56 Å². The molecule has 3 unspecified atom stereocenters. The minimum atomic E-state index is -0.569. The summed E-state index contributed by atoms with van der Waals surface area (Å²) in [6.45, 7) is 3.29. The van der Waals surface area contributed by atoms with Crippen molar-refractivity contribution in [3.05, 3.63) is 34.9 Å². The molecule has 0 aliphatic rings. The molecule has 1 aromatic carbocycles. The molecule has 0 aliphatic carbocycles. The van der Waals surface area contributed by atoms with Crippen LogP contribution < -0.4 is 5.32 Å². The van der Waals surface area contributed by atoms with E-state index in [1.54, 1.807) is 11.8 Å². The molecule has 21 heavy (non-hydrogen) atoms. The molecule has 3 atom stereocenters. The smallest absolute Gasteiger partial charge is 0.0897 e. The van der Waals surface area contributed by atoms with E-state index in [-0.39, 0.29) is 24.5 Å². The van der Waals surface area contributed by atoms with Gasteiger partial charge in [0.05, 0.1) is 25.9 Å². The molecule has 0 radical (unpaired) electrons. The quantitative estimate of drug-likeness (QED) is 0.610. The average Bonchev–Trinajstić information content (AvgIpc) is 2.48. The van der Waals surface area contributed by atoms with Gasteiger partial charge in [-0.2, -0.15) is 11.8 Å². The minimum absolute atomic E-state index is 0.124. The molecule has 0 aliphatic heterocycles. The molecule has 0 heterocycles. The summed E-state index contributed by atoms with van der Waals surface area (Å²) in [6.07, 6.45) is 1.39. The fourth-order valence-corrected chi connectivity index (χ4v) is 2.62. The van der Waals surface area contributed by atoms with Crippen LogP contribution in [0.3, 0.4) is 0 Å². The zero-order chi connectivity index (χ0) is 15.7. The molecule has 0 amide bonds. The number of hydrogen-bond acceptors (Lipinski definition) is 5. The number of benzene rings is 1. The molecule has 3 N–H and O–H groups in total. The van der Waals surface area contributed by atoms with Crippen molar-refractivity contribution in [3.8, 4) is 0 Å². The average molecular weight is 334 g/mol. The maximum Gasteiger partial charge on any atom is 0.0897 e. The Kier molecular flexibility index (Phi) is 9.31. The van der Waals surface area contributed by atoms with Crippen LogP contribution in [0.1, 0.15) is 12.5 Å². The van der Waals surface area contributed by atoms with E-state index in [1.807, 2.05) is 37.4 Å². The summed E-state index contributed by atoms with van der Waals surface area (Å²) in [5.41, 5.74) is 1.02. The number of ether oxygens (including phenoxy) is 1. The Hall–Kier alpha value is -0.300. The van der Waals surface area contributed by atoms with Gasteiger partial charge >= 0.3 is 0 Å². The van der Waals surface area contributed by atoms with Crippen molar-refractivity contribution in [2.75, 3.05) is 26.0 Å². The first-order chi connectivity index (χ1) is 10.1. The van der Waals surface area contributed by atoms with Gasteiger partial charge in [0.1, 0.15) is 0 Å². The van der Waals surface area contributed by atoms with Crippen molar-refractivity contribution in [3.63, 3.8) is 0 Å². The van der Waals surface area contributed by atoms with Crippen LogP contribution in [0.15, 0.2) is 24.3 Å². The Morgan fingerprint density at radius 1 is 1.33 bits per heavy atom. The summed E-state index contributed by atoms with van der Waals surface area (Å²) in [5.74, 6) is 0. The van der Waals surface area contributed by atoms with Gasteiger partial charge in [-0.05, 0) is 30.9 Å². The van der Waals surface area contributed by atoms with Gasteiger partial charge in [0.25, 0.3) is 0 Å². The Balaban J connectivity index is 2.19. The third-order valence-electron chi connectivity index (χ3n) is 3.21. The highest BCUT2D eigenvalue weighted by atomic mass is 35.5. The first-order valence-corrected chi connectivity index (χ1v) is 8.60. The number of halogens is 1.